The van der Waals surface area contributed by atoms with Crippen LogP contribution in [0.1, 0.15) is 18.4 Å². The van der Waals surface area contributed by atoms with Gasteiger partial charge in [0.1, 0.15) is 0 Å². The van der Waals surface area contributed by atoms with Crippen LogP contribution < -0.4 is 0 Å². The van der Waals surface area contributed by atoms with Crippen LogP contribution >= 0.6 is 0 Å². The van der Waals surface area contributed by atoms with E-state index < -0.39 is 10.0 Å². The molecule has 0 fully saturated rings. The van der Waals surface area contributed by atoms with E-state index in [0.717, 1.165) is 0 Å². The molecule has 0 saturated carbocycles. The van der Waals surface area contributed by atoms with E-state index >= 15 is 0 Å². The zero-order valence-corrected chi connectivity index (χ0v) is 11.5. The Labute approximate surface area is 113 Å². The van der Waals surface area contributed by atoms with Gasteiger partial charge >= 0.3 is 0 Å². The monoisotopic (exact) mass is 277 g/mol. The summed E-state index contributed by atoms with van der Waals surface area (Å²) in [4.78, 5) is 0.228. The summed E-state index contributed by atoms with van der Waals surface area (Å²) in [5.74, 6) is 0. The molecule has 5 nitrogen and oxygen atoms in total. The third-order valence-corrected chi connectivity index (χ3v) is 4.72. The van der Waals surface area contributed by atoms with Gasteiger partial charge in [0.25, 0.3) is 0 Å². The van der Waals surface area contributed by atoms with Gasteiger partial charge < -0.3 is 0 Å². The summed E-state index contributed by atoms with van der Waals surface area (Å²) in [5, 5.41) is 17.2. The molecule has 0 radical (unpaired) electrons. The van der Waals surface area contributed by atoms with Gasteiger partial charge in [0.15, 0.2) is 0 Å². The van der Waals surface area contributed by atoms with E-state index in [9.17, 15) is 8.42 Å². The third-order valence-electron chi connectivity index (χ3n) is 2.66. The number of nitrogens with zero attached hydrogens (tertiary/aromatic N) is 3. The Hall–Kier alpha value is -1.89. The van der Waals surface area contributed by atoms with Crippen molar-refractivity contribution < 1.29 is 8.42 Å². The van der Waals surface area contributed by atoms with E-state index in [4.69, 9.17) is 10.5 Å². The van der Waals surface area contributed by atoms with E-state index in [1.165, 1.54) is 10.4 Å². The maximum absolute atomic E-state index is 12.5. The summed E-state index contributed by atoms with van der Waals surface area (Å²) < 4.78 is 26.1. The van der Waals surface area contributed by atoms with Crippen LogP contribution in [0.25, 0.3) is 0 Å². The molecule has 0 amide bonds. The molecule has 0 saturated heterocycles. The molecule has 1 aromatic rings. The highest BCUT2D eigenvalue weighted by molar-refractivity contribution is 7.89. The lowest BCUT2D eigenvalue weighted by atomic mass is 10.2. The second-order valence-corrected chi connectivity index (χ2v) is 5.89. The summed E-state index contributed by atoms with van der Waals surface area (Å²) in [7, 11) is -3.65. The first-order valence-electron chi connectivity index (χ1n) is 5.83. The van der Waals surface area contributed by atoms with Crippen LogP contribution in [-0.4, -0.2) is 25.8 Å². The Balaban J connectivity index is 3.09. The van der Waals surface area contributed by atoms with Gasteiger partial charge in [-0.2, -0.15) is 14.8 Å². The maximum atomic E-state index is 12.5. The zero-order chi connectivity index (χ0) is 14.3. The Morgan fingerprint density at radius 1 is 1.11 bits per heavy atom. The van der Waals surface area contributed by atoms with Crippen molar-refractivity contribution in [2.24, 2.45) is 0 Å². The van der Waals surface area contributed by atoms with Gasteiger partial charge in [0.2, 0.25) is 10.0 Å². The quantitative estimate of drug-likeness (QED) is 0.793. The van der Waals surface area contributed by atoms with Crippen LogP contribution in [0.4, 0.5) is 0 Å². The number of nitriles is 2. The average molecular weight is 277 g/mol. The lowest BCUT2D eigenvalue weighted by Crippen LogP contribution is -2.33. The predicted molar refractivity (Wildman–Crippen MR) is 70.4 cm³/mol. The Kier molecular flexibility index (Phi) is 5.50. The lowest BCUT2D eigenvalue weighted by Gasteiger charge is -2.21. The fraction of sp³-hybridized carbons (Fsp3) is 0.385. The van der Waals surface area contributed by atoms with Gasteiger partial charge in [-0.05, 0) is 18.6 Å². The number of hydrogen-bond donors (Lipinski definition) is 0. The molecular formula is C13H15N3O2S. The van der Waals surface area contributed by atoms with Crippen LogP contribution in [-0.2, 0) is 10.0 Å². The molecule has 0 spiro atoms. The van der Waals surface area contributed by atoms with Crippen molar-refractivity contribution in [2.75, 3.05) is 13.1 Å². The van der Waals surface area contributed by atoms with E-state index in [1.54, 1.807) is 25.1 Å². The van der Waals surface area contributed by atoms with E-state index in [2.05, 4.69) is 0 Å². The van der Waals surface area contributed by atoms with Crippen LogP contribution in [0.3, 0.4) is 0 Å². The first-order chi connectivity index (χ1) is 9.04. The molecule has 1 rings (SSSR count). The number of benzene rings is 1. The van der Waals surface area contributed by atoms with Gasteiger partial charge in [0.05, 0.1) is 17.0 Å². The van der Waals surface area contributed by atoms with Crippen LogP contribution in [0, 0.1) is 29.6 Å². The van der Waals surface area contributed by atoms with Crippen LogP contribution in [0.15, 0.2) is 29.2 Å². The molecule has 0 atom stereocenters. The normalized spacial score (nSPS) is 10.9. The van der Waals surface area contributed by atoms with Crippen molar-refractivity contribution in [2.45, 2.75) is 24.7 Å². The predicted octanol–water partition coefficient (Wildman–Crippen LogP) is 1.81. The molecule has 100 valence electrons. The first kappa shape index (κ1) is 15.2. The van der Waals surface area contributed by atoms with Crippen molar-refractivity contribution in [3.05, 3.63) is 29.8 Å². The van der Waals surface area contributed by atoms with Crippen molar-refractivity contribution in [1.82, 2.24) is 4.31 Å². The SMILES string of the molecule is Cc1ccccc1S(=O)(=O)N(CCC#N)CCC#N. The standard InChI is InChI=1S/C13H15N3O2S/c1-12-6-2-3-7-13(12)19(17,18)16(10-4-8-14)11-5-9-15/h2-3,6-7H,4-5,10-11H2,1H3. The van der Waals surface area contributed by atoms with Gasteiger partial charge in [-0.25, -0.2) is 8.42 Å². The molecule has 0 N–H and O–H groups in total. The molecular weight excluding hydrogens is 262 g/mol. The topological polar surface area (TPSA) is 85.0 Å². The van der Waals surface area contributed by atoms with E-state index in [-0.39, 0.29) is 30.8 Å². The highest BCUT2D eigenvalue weighted by Crippen LogP contribution is 2.19. The second kappa shape index (κ2) is 6.89. The highest BCUT2D eigenvalue weighted by Gasteiger charge is 2.24. The molecule has 0 aliphatic heterocycles. The van der Waals surface area contributed by atoms with E-state index in [1.807, 2.05) is 12.1 Å². The van der Waals surface area contributed by atoms with Crippen molar-refractivity contribution in [3.8, 4) is 12.1 Å². The fourth-order valence-corrected chi connectivity index (χ4v) is 3.35. The summed E-state index contributed by atoms with van der Waals surface area (Å²) in [6, 6.07) is 10.5. The number of hydrogen-bond acceptors (Lipinski definition) is 4. The lowest BCUT2D eigenvalue weighted by molar-refractivity contribution is 0.424. The Bertz CT molecular complexity index is 594. The maximum Gasteiger partial charge on any atom is 0.243 e. The Morgan fingerprint density at radius 3 is 2.11 bits per heavy atom. The van der Waals surface area contributed by atoms with Crippen molar-refractivity contribution >= 4 is 10.0 Å². The molecule has 0 unspecified atom stereocenters. The van der Waals surface area contributed by atoms with Crippen LogP contribution in [0.5, 0.6) is 0 Å². The van der Waals surface area contributed by atoms with E-state index in [0.29, 0.717) is 5.56 Å². The van der Waals surface area contributed by atoms with Crippen LogP contribution in [0.2, 0.25) is 0 Å². The first-order valence-corrected chi connectivity index (χ1v) is 7.27. The third kappa shape index (κ3) is 3.78. The van der Waals surface area contributed by atoms with Gasteiger partial charge in [0, 0.05) is 25.9 Å². The molecule has 19 heavy (non-hydrogen) atoms. The van der Waals surface area contributed by atoms with Crippen molar-refractivity contribution in [3.63, 3.8) is 0 Å². The minimum atomic E-state index is -3.65. The number of sulfonamides is 1. The fourth-order valence-electron chi connectivity index (χ4n) is 1.69. The molecule has 0 aliphatic rings. The minimum absolute atomic E-state index is 0.106. The molecule has 0 heterocycles. The van der Waals surface area contributed by atoms with Gasteiger partial charge in [-0.1, -0.05) is 18.2 Å². The zero-order valence-electron chi connectivity index (χ0n) is 10.7. The molecule has 0 bridgehead atoms. The summed E-state index contributed by atoms with van der Waals surface area (Å²) in [6.07, 6.45) is 0.215. The summed E-state index contributed by atoms with van der Waals surface area (Å²) >= 11 is 0. The largest absolute Gasteiger partial charge is 0.243 e. The number of rotatable bonds is 6. The highest BCUT2D eigenvalue weighted by atomic mass is 32.2. The molecule has 1 aromatic carbocycles. The van der Waals surface area contributed by atoms with Gasteiger partial charge in [-0.3, -0.25) is 0 Å². The summed E-state index contributed by atoms with van der Waals surface area (Å²) in [5.41, 5.74) is 0.654. The van der Waals surface area contributed by atoms with Crippen molar-refractivity contribution in [1.29, 1.82) is 10.5 Å². The summed E-state index contributed by atoms with van der Waals surface area (Å²) in [6.45, 7) is 1.93. The number of aryl methyl sites for hydroxylation is 1. The molecule has 0 aromatic heterocycles. The molecule has 6 heteroatoms. The Morgan fingerprint density at radius 2 is 1.63 bits per heavy atom. The van der Waals surface area contributed by atoms with Gasteiger partial charge in [-0.15, -0.1) is 0 Å². The average Bonchev–Trinajstić information content (AvgIpc) is 2.39. The minimum Gasteiger partial charge on any atom is -0.207 e. The smallest absolute Gasteiger partial charge is 0.207 e. The second-order valence-electron chi connectivity index (χ2n) is 3.99. The molecule has 0 aliphatic carbocycles.